The van der Waals surface area contributed by atoms with Gasteiger partial charge in [0.15, 0.2) is 0 Å². The monoisotopic (exact) mass is 283 g/mol. The van der Waals surface area contributed by atoms with E-state index in [-0.39, 0.29) is 6.04 Å². The topological polar surface area (TPSA) is 37.4 Å². The highest BCUT2D eigenvalue weighted by molar-refractivity contribution is 7.89. The molecule has 0 amide bonds. The summed E-state index contributed by atoms with van der Waals surface area (Å²) in [5.41, 5.74) is 1.19. The second kappa shape index (κ2) is 6.53. The normalized spacial score (nSPS) is 15.5. The average Bonchev–Trinajstić information content (AvgIpc) is 2.44. The van der Waals surface area contributed by atoms with Gasteiger partial charge in [-0.25, -0.2) is 8.42 Å². The molecule has 0 N–H and O–H groups in total. The standard InChI is InChI=1S/C15H25NO2S/c1-6-12(3)14-8-10-15(11-9-14)19(17,18)16(5)13(4)7-2/h8-13H,6-7H2,1-5H3. The number of nitrogens with zero attached hydrogens (tertiary/aromatic N) is 1. The van der Waals surface area contributed by atoms with Crippen LogP contribution in [0.1, 0.15) is 52.0 Å². The van der Waals surface area contributed by atoms with Crippen molar-refractivity contribution in [1.82, 2.24) is 4.31 Å². The van der Waals surface area contributed by atoms with Crippen LogP contribution in [-0.2, 0) is 10.0 Å². The van der Waals surface area contributed by atoms with E-state index in [0.29, 0.717) is 10.8 Å². The Morgan fingerprint density at radius 3 is 2.00 bits per heavy atom. The highest BCUT2D eigenvalue weighted by Gasteiger charge is 2.24. The first-order chi connectivity index (χ1) is 8.84. The molecule has 4 heteroatoms. The summed E-state index contributed by atoms with van der Waals surface area (Å²) in [6, 6.07) is 7.29. The molecule has 1 aromatic rings. The lowest BCUT2D eigenvalue weighted by atomic mass is 9.99. The Morgan fingerprint density at radius 2 is 1.58 bits per heavy atom. The molecule has 0 fully saturated rings. The zero-order valence-electron chi connectivity index (χ0n) is 12.6. The molecule has 0 aliphatic heterocycles. The third-order valence-corrected chi connectivity index (χ3v) is 5.94. The fourth-order valence-corrected chi connectivity index (χ4v) is 3.30. The van der Waals surface area contributed by atoms with Crippen molar-refractivity contribution in [3.63, 3.8) is 0 Å². The minimum Gasteiger partial charge on any atom is -0.207 e. The molecule has 3 nitrogen and oxygen atoms in total. The Bertz CT molecular complexity index is 493. The summed E-state index contributed by atoms with van der Waals surface area (Å²) in [4.78, 5) is 0.377. The molecule has 0 radical (unpaired) electrons. The van der Waals surface area contributed by atoms with Gasteiger partial charge in [-0.2, -0.15) is 4.31 Å². The molecular weight excluding hydrogens is 258 g/mol. The van der Waals surface area contributed by atoms with Crippen LogP contribution < -0.4 is 0 Å². The second-order valence-corrected chi connectivity index (χ2v) is 7.15. The van der Waals surface area contributed by atoms with E-state index in [1.807, 2.05) is 26.0 Å². The largest absolute Gasteiger partial charge is 0.243 e. The van der Waals surface area contributed by atoms with Crippen LogP contribution in [0.25, 0.3) is 0 Å². The van der Waals surface area contributed by atoms with Crippen molar-refractivity contribution in [2.24, 2.45) is 0 Å². The van der Waals surface area contributed by atoms with Gasteiger partial charge >= 0.3 is 0 Å². The summed E-state index contributed by atoms with van der Waals surface area (Å²) in [5.74, 6) is 0.462. The molecule has 0 aliphatic rings. The van der Waals surface area contributed by atoms with Gasteiger partial charge in [0.1, 0.15) is 0 Å². The SMILES string of the molecule is CCC(C)c1ccc(S(=O)(=O)N(C)C(C)CC)cc1. The van der Waals surface area contributed by atoms with E-state index in [0.717, 1.165) is 12.8 Å². The van der Waals surface area contributed by atoms with Crippen LogP contribution in [-0.4, -0.2) is 25.8 Å². The molecule has 1 aromatic carbocycles. The van der Waals surface area contributed by atoms with Crippen LogP contribution in [0.3, 0.4) is 0 Å². The van der Waals surface area contributed by atoms with Crippen molar-refractivity contribution in [2.75, 3.05) is 7.05 Å². The summed E-state index contributed by atoms with van der Waals surface area (Å²) in [6.45, 7) is 8.19. The Kier molecular flexibility index (Phi) is 5.56. The Hall–Kier alpha value is -0.870. The molecule has 0 aromatic heterocycles. The maximum Gasteiger partial charge on any atom is 0.243 e. The molecular formula is C15H25NO2S. The van der Waals surface area contributed by atoms with Crippen molar-refractivity contribution in [2.45, 2.75) is 57.4 Å². The van der Waals surface area contributed by atoms with Gasteiger partial charge < -0.3 is 0 Å². The number of sulfonamides is 1. The smallest absolute Gasteiger partial charge is 0.207 e. The second-order valence-electron chi connectivity index (χ2n) is 5.16. The third-order valence-electron chi connectivity index (χ3n) is 3.95. The maximum atomic E-state index is 12.4. The predicted molar refractivity (Wildman–Crippen MR) is 79.8 cm³/mol. The lowest BCUT2D eigenvalue weighted by Crippen LogP contribution is -2.34. The van der Waals surface area contributed by atoms with Gasteiger partial charge in [-0.3, -0.25) is 0 Å². The van der Waals surface area contributed by atoms with Crippen molar-refractivity contribution >= 4 is 10.0 Å². The van der Waals surface area contributed by atoms with E-state index in [2.05, 4.69) is 13.8 Å². The molecule has 19 heavy (non-hydrogen) atoms. The number of benzene rings is 1. The molecule has 0 heterocycles. The van der Waals surface area contributed by atoms with Gasteiger partial charge in [0.2, 0.25) is 10.0 Å². The van der Waals surface area contributed by atoms with Gasteiger partial charge in [-0.1, -0.05) is 32.9 Å². The zero-order valence-corrected chi connectivity index (χ0v) is 13.4. The first-order valence-corrected chi connectivity index (χ1v) is 8.36. The highest BCUT2D eigenvalue weighted by atomic mass is 32.2. The Balaban J connectivity index is 3.03. The van der Waals surface area contributed by atoms with Gasteiger partial charge in [-0.15, -0.1) is 0 Å². The predicted octanol–water partition coefficient (Wildman–Crippen LogP) is 3.62. The molecule has 0 bridgehead atoms. The quantitative estimate of drug-likeness (QED) is 0.799. The average molecular weight is 283 g/mol. The molecule has 1 rings (SSSR count). The molecule has 0 saturated heterocycles. The summed E-state index contributed by atoms with van der Waals surface area (Å²) >= 11 is 0. The maximum absolute atomic E-state index is 12.4. The van der Waals surface area contributed by atoms with Crippen molar-refractivity contribution in [3.05, 3.63) is 29.8 Å². The van der Waals surface area contributed by atoms with Crippen LogP contribution >= 0.6 is 0 Å². The summed E-state index contributed by atoms with van der Waals surface area (Å²) in [5, 5.41) is 0. The molecule has 0 spiro atoms. The van der Waals surface area contributed by atoms with E-state index in [9.17, 15) is 8.42 Å². The van der Waals surface area contributed by atoms with Crippen LogP contribution in [0.15, 0.2) is 29.2 Å². The van der Waals surface area contributed by atoms with Crippen LogP contribution in [0, 0.1) is 0 Å². The fraction of sp³-hybridized carbons (Fsp3) is 0.600. The number of hydrogen-bond acceptors (Lipinski definition) is 2. The minimum atomic E-state index is -3.37. The van der Waals surface area contributed by atoms with E-state index < -0.39 is 10.0 Å². The van der Waals surface area contributed by atoms with Gasteiger partial charge in [0.25, 0.3) is 0 Å². The summed E-state index contributed by atoms with van der Waals surface area (Å²) < 4.78 is 26.3. The summed E-state index contributed by atoms with van der Waals surface area (Å²) in [7, 11) is -1.72. The van der Waals surface area contributed by atoms with Crippen LogP contribution in [0.2, 0.25) is 0 Å². The van der Waals surface area contributed by atoms with E-state index in [4.69, 9.17) is 0 Å². The van der Waals surface area contributed by atoms with E-state index in [1.54, 1.807) is 19.2 Å². The van der Waals surface area contributed by atoms with Crippen molar-refractivity contribution in [1.29, 1.82) is 0 Å². The number of rotatable bonds is 6. The Morgan fingerprint density at radius 1 is 1.05 bits per heavy atom. The highest BCUT2D eigenvalue weighted by Crippen LogP contribution is 2.22. The molecule has 108 valence electrons. The zero-order chi connectivity index (χ0) is 14.6. The first kappa shape index (κ1) is 16.2. The molecule has 0 aliphatic carbocycles. The molecule has 2 atom stereocenters. The van der Waals surface area contributed by atoms with E-state index in [1.165, 1.54) is 9.87 Å². The van der Waals surface area contributed by atoms with Crippen molar-refractivity contribution < 1.29 is 8.42 Å². The first-order valence-electron chi connectivity index (χ1n) is 6.92. The third kappa shape index (κ3) is 3.57. The van der Waals surface area contributed by atoms with Crippen molar-refractivity contribution in [3.8, 4) is 0 Å². The van der Waals surface area contributed by atoms with Gasteiger partial charge in [0, 0.05) is 13.1 Å². The van der Waals surface area contributed by atoms with Gasteiger partial charge in [0.05, 0.1) is 4.90 Å². The fourth-order valence-electron chi connectivity index (χ4n) is 1.86. The van der Waals surface area contributed by atoms with E-state index >= 15 is 0 Å². The molecule has 0 saturated carbocycles. The lowest BCUT2D eigenvalue weighted by Gasteiger charge is -2.23. The minimum absolute atomic E-state index is 0.0132. The van der Waals surface area contributed by atoms with Crippen LogP contribution in [0.4, 0.5) is 0 Å². The number of hydrogen-bond donors (Lipinski definition) is 0. The molecule has 2 unspecified atom stereocenters. The summed E-state index contributed by atoms with van der Waals surface area (Å²) in [6.07, 6.45) is 1.86. The lowest BCUT2D eigenvalue weighted by molar-refractivity contribution is 0.380. The van der Waals surface area contributed by atoms with Crippen LogP contribution in [0.5, 0.6) is 0 Å². The van der Waals surface area contributed by atoms with Gasteiger partial charge in [-0.05, 0) is 43.4 Å². The Labute approximate surface area is 117 Å².